The van der Waals surface area contributed by atoms with E-state index in [-0.39, 0.29) is 17.2 Å². The molecule has 2 aromatic carbocycles. The molecule has 0 aliphatic carbocycles. The van der Waals surface area contributed by atoms with Crippen LogP contribution in [0, 0.1) is 0 Å². The van der Waals surface area contributed by atoms with Crippen LogP contribution in [0.2, 0.25) is 0 Å². The van der Waals surface area contributed by atoms with Gasteiger partial charge in [0.05, 0.1) is 5.75 Å². The maximum Gasteiger partial charge on any atom is 0.238 e. The van der Waals surface area contributed by atoms with E-state index in [9.17, 15) is 9.59 Å². The zero-order chi connectivity index (χ0) is 18.7. The molecule has 0 aromatic heterocycles. The Balaban J connectivity index is 1.82. The molecule has 4 nitrogen and oxygen atoms in total. The lowest BCUT2D eigenvalue weighted by molar-refractivity contribution is -0.116. The Morgan fingerprint density at radius 3 is 2.38 bits per heavy atom. The van der Waals surface area contributed by atoms with Gasteiger partial charge in [0, 0.05) is 17.8 Å². The summed E-state index contributed by atoms with van der Waals surface area (Å²) in [5, 5.41) is 2.81. The Hall–Kier alpha value is -2.27. The van der Waals surface area contributed by atoms with E-state index in [0.717, 1.165) is 16.9 Å². The molecule has 1 saturated heterocycles. The summed E-state index contributed by atoms with van der Waals surface area (Å²) in [6, 6.07) is 16.0. The number of rotatable bonds is 5. The van der Waals surface area contributed by atoms with Crippen molar-refractivity contribution in [2.75, 3.05) is 16.0 Å². The van der Waals surface area contributed by atoms with Crippen LogP contribution in [0.25, 0.3) is 0 Å². The predicted octanol–water partition coefficient (Wildman–Crippen LogP) is 4.94. The van der Waals surface area contributed by atoms with E-state index in [1.807, 2.05) is 48.2 Å². The Morgan fingerprint density at radius 1 is 1.15 bits per heavy atom. The van der Waals surface area contributed by atoms with Crippen LogP contribution in [-0.4, -0.2) is 17.6 Å². The Labute approximate surface area is 159 Å². The highest BCUT2D eigenvalue weighted by Crippen LogP contribution is 2.42. The minimum absolute atomic E-state index is 0.00459. The van der Waals surface area contributed by atoms with Crippen molar-refractivity contribution in [3.63, 3.8) is 0 Å². The molecule has 1 N–H and O–H groups in total. The molecule has 0 spiro atoms. The zero-order valence-corrected chi connectivity index (χ0v) is 16.2. The maximum atomic E-state index is 12.5. The molecule has 2 aromatic rings. The molecule has 1 aliphatic rings. The number of thioether (sulfide) groups is 1. The summed E-state index contributed by atoms with van der Waals surface area (Å²) in [7, 11) is 0. The third-order valence-corrected chi connectivity index (χ3v) is 5.72. The first kappa shape index (κ1) is 18.5. The van der Waals surface area contributed by atoms with Gasteiger partial charge in [-0.15, -0.1) is 11.8 Å². The van der Waals surface area contributed by atoms with Gasteiger partial charge in [0.2, 0.25) is 11.8 Å². The number of carbonyl (C=O) groups excluding carboxylic acids is 2. The fourth-order valence-corrected chi connectivity index (χ4v) is 4.13. The molecule has 5 heteroatoms. The SMILES string of the molecule is CCC(=O)Nc1ccc([C@H]2SCC(=O)N2c2ccc(C(C)C)cc2)cc1. The molecule has 3 rings (SSSR count). The van der Waals surface area contributed by atoms with Crippen LogP contribution < -0.4 is 10.2 Å². The smallest absolute Gasteiger partial charge is 0.238 e. The number of nitrogens with zero attached hydrogens (tertiary/aromatic N) is 1. The Morgan fingerprint density at radius 2 is 1.81 bits per heavy atom. The van der Waals surface area contributed by atoms with E-state index in [1.54, 1.807) is 11.8 Å². The van der Waals surface area contributed by atoms with E-state index < -0.39 is 0 Å². The van der Waals surface area contributed by atoms with Crippen molar-refractivity contribution in [1.82, 2.24) is 0 Å². The lowest BCUT2D eigenvalue weighted by atomic mass is 10.0. The van der Waals surface area contributed by atoms with E-state index in [2.05, 4.69) is 31.3 Å². The number of carbonyl (C=O) groups is 2. The topological polar surface area (TPSA) is 49.4 Å². The summed E-state index contributed by atoms with van der Waals surface area (Å²) in [6.45, 7) is 6.15. The molecule has 1 atom stereocenters. The monoisotopic (exact) mass is 368 g/mol. The highest BCUT2D eigenvalue weighted by molar-refractivity contribution is 8.00. The number of amides is 2. The quantitative estimate of drug-likeness (QED) is 0.813. The Kier molecular flexibility index (Phi) is 5.67. The molecule has 1 fully saturated rings. The number of nitrogens with one attached hydrogen (secondary N) is 1. The van der Waals surface area contributed by atoms with E-state index in [1.165, 1.54) is 5.56 Å². The van der Waals surface area contributed by atoms with Gasteiger partial charge in [-0.2, -0.15) is 0 Å². The van der Waals surface area contributed by atoms with Crippen molar-refractivity contribution in [3.8, 4) is 0 Å². The normalized spacial score (nSPS) is 17.0. The molecule has 2 amide bonds. The first-order valence-electron chi connectivity index (χ1n) is 8.93. The van der Waals surface area contributed by atoms with Crippen LogP contribution >= 0.6 is 11.8 Å². The standard InChI is InChI=1S/C21H24N2O2S/c1-4-19(24)22-17-9-5-16(6-10-17)21-23(20(25)13-26-21)18-11-7-15(8-12-18)14(2)3/h5-12,14,21H,4,13H2,1-3H3,(H,22,24)/t21-/m1/s1. The molecule has 1 aliphatic heterocycles. The van der Waals surface area contributed by atoms with Gasteiger partial charge in [-0.05, 0) is 41.3 Å². The van der Waals surface area contributed by atoms with E-state index in [0.29, 0.717) is 18.1 Å². The molecule has 136 valence electrons. The van der Waals surface area contributed by atoms with Crippen LogP contribution in [0.5, 0.6) is 0 Å². The van der Waals surface area contributed by atoms with Crippen molar-refractivity contribution in [1.29, 1.82) is 0 Å². The summed E-state index contributed by atoms with van der Waals surface area (Å²) >= 11 is 1.63. The predicted molar refractivity (Wildman–Crippen MR) is 109 cm³/mol. The second kappa shape index (κ2) is 7.96. The number of anilines is 2. The molecule has 1 heterocycles. The van der Waals surface area contributed by atoms with Gasteiger partial charge in [-0.3, -0.25) is 14.5 Å². The van der Waals surface area contributed by atoms with Gasteiger partial charge < -0.3 is 5.32 Å². The minimum atomic E-state index is -0.0386. The van der Waals surface area contributed by atoms with Crippen LogP contribution in [0.4, 0.5) is 11.4 Å². The van der Waals surface area contributed by atoms with Crippen LogP contribution in [-0.2, 0) is 9.59 Å². The summed E-state index contributed by atoms with van der Waals surface area (Å²) in [5.41, 5.74) is 4.03. The second-order valence-electron chi connectivity index (χ2n) is 6.70. The molecule has 0 radical (unpaired) electrons. The summed E-state index contributed by atoms with van der Waals surface area (Å²) < 4.78 is 0. The molecule has 0 bridgehead atoms. The van der Waals surface area contributed by atoms with Crippen molar-refractivity contribution in [3.05, 3.63) is 59.7 Å². The fraction of sp³-hybridized carbons (Fsp3) is 0.333. The maximum absolute atomic E-state index is 12.5. The summed E-state index contributed by atoms with van der Waals surface area (Å²) in [5.74, 6) is 1.07. The van der Waals surface area contributed by atoms with Crippen molar-refractivity contribution in [2.45, 2.75) is 38.5 Å². The molecule has 26 heavy (non-hydrogen) atoms. The van der Waals surface area contributed by atoms with E-state index in [4.69, 9.17) is 0 Å². The molecule has 0 unspecified atom stereocenters. The average Bonchev–Trinajstić information content (AvgIpc) is 3.03. The van der Waals surface area contributed by atoms with Gasteiger partial charge in [-0.25, -0.2) is 0 Å². The first-order valence-corrected chi connectivity index (χ1v) is 9.98. The highest BCUT2D eigenvalue weighted by atomic mass is 32.2. The van der Waals surface area contributed by atoms with Gasteiger partial charge >= 0.3 is 0 Å². The lowest BCUT2D eigenvalue weighted by Crippen LogP contribution is -2.27. The summed E-state index contributed by atoms with van der Waals surface area (Å²) in [4.78, 5) is 25.9. The lowest BCUT2D eigenvalue weighted by Gasteiger charge is -2.25. The van der Waals surface area contributed by atoms with Crippen LogP contribution in [0.1, 0.15) is 49.6 Å². The fourth-order valence-electron chi connectivity index (χ4n) is 2.95. The second-order valence-corrected chi connectivity index (χ2v) is 7.77. The zero-order valence-electron chi connectivity index (χ0n) is 15.4. The third kappa shape index (κ3) is 3.93. The molecular weight excluding hydrogens is 344 g/mol. The number of hydrogen-bond donors (Lipinski definition) is 1. The van der Waals surface area contributed by atoms with E-state index >= 15 is 0 Å². The van der Waals surface area contributed by atoms with Crippen molar-refractivity contribution in [2.24, 2.45) is 0 Å². The van der Waals surface area contributed by atoms with Gasteiger partial charge in [0.1, 0.15) is 5.37 Å². The van der Waals surface area contributed by atoms with Gasteiger partial charge in [0.25, 0.3) is 0 Å². The minimum Gasteiger partial charge on any atom is -0.326 e. The van der Waals surface area contributed by atoms with Crippen molar-refractivity contribution < 1.29 is 9.59 Å². The van der Waals surface area contributed by atoms with Crippen LogP contribution in [0.15, 0.2) is 48.5 Å². The Bertz CT molecular complexity index is 785. The van der Waals surface area contributed by atoms with Crippen molar-refractivity contribution >= 4 is 35.0 Å². The highest BCUT2D eigenvalue weighted by Gasteiger charge is 2.34. The average molecular weight is 369 g/mol. The number of hydrogen-bond acceptors (Lipinski definition) is 3. The van der Waals surface area contributed by atoms with Gasteiger partial charge in [-0.1, -0.05) is 45.0 Å². The molecule has 0 saturated carbocycles. The van der Waals surface area contributed by atoms with Gasteiger partial charge in [0.15, 0.2) is 0 Å². The first-order chi connectivity index (χ1) is 12.5. The molecular formula is C21H24N2O2S. The largest absolute Gasteiger partial charge is 0.326 e. The third-order valence-electron chi connectivity index (χ3n) is 4.51. The summed E-state index contributed by atoms with van der Waals surface area (Å²) in [6.07, 6.45) is 0.453. The van der Waals surface area contributed by atoms with Crippen LogP contribution in [0.3, 0.4) is 0 Å². The number of benzene rings is 2.